The highest BCUT2D eigenvalue weighted by atomic mass is 16.6. The van der Waals surface area contributed by atoms with Crippen molar-refractivity contribution in [1.29, 1.82) is 0 Å². The molecule has 4 aliphatic carbocycles. The maximum atomic E-state index is 12.7. The smallest absolute Gasteiger partial charge is 0.302 e. The minimum Gasteiger partial charge on any atom is -0.466 e. The summed E-state index contributed by atoms with van der Waals surface area (Å²) in [5, 5.41) is 4.39. The number of hydrogen-bond acceptors (Lipinski definition) is 6. The lowest BCUT2D eigenvalue weighted by Crippen LogP contribution is -2.57. The van der Waals surface area contributed by atoms with Gasteiger partial charge in [0.15, 0.2) is 0 Å². The third-order valence-corrected chi connectivity index (χ3v) is 9.30. The Morgan fingerprint density at radius 2 is 1.97 bits per heavy atom. The number of hydrogen-bond donors (Lipinski definition) is 1. The van der Waals surface area contributed by atoms with Crippen LogP contribution in [-0.4, -0.2) is 37.2 Å². The summed E-state index contributed by atoms with van der Waals surface area (Å²) in [7, 11) is 0. The second kappa shape index (κ2) is 8.25. The van der Waals surface area contributed by atoms with E-state index in [4.69, 9.17) is 15.3 Å². The van der Waals surface area contributed by atoms with Gasteiger partial charge in [-0.25, -0.2) is 0 Å². The van der Waals surface area contributed by atoms with E-state index in [1.807, 2.05) is 0 Å². The van der Waals surface area contributed by atoms with Gasteiger partial charge in [0, 0.05) is 25.3 Å². The Morgan fingerprint density at radius 1 is 1.17 bits per heavy atom. The van der Waals surface area contributed by atoms with E-state index >= 15 is 0 Å². The Kier molecular flexibility index (Phi) is 5.99. The number of Topliss-reactive ketones (excluding diaryl/α,β-unsaturated/α-hetero) is 1. The lowest BCUT2D eigenvalue weighted by atomic mass is 9.43. The van der Waals surface area contributed by atoms with Gasteiger partial charge in [-0.1, -0.05) is 19.0 Å². The predicted molar refractivity (Wildman–Crippen MR) is 115 cm³/mol. The van der Waals surface area contributed by atoms with E-state index in [1.54, 1.807) is 0 Å². The van der Waals surface area contributed by atoms with Crippen molar-refractivity contribution in [2.45, 2.75) is 72.1 Å². The van der Waals surface area contributed by atoms with Gasteiger partial charge in [0.25, 0.3) is 0 Å². The number of nitrogens with two attached hydrogens (primary N) is 1. The normalized spacial score (nSPS) is 44.2. The summed E-state index contributed by atoms with van der Waals surface area (Å²) < 4.78 is 5.55. The first kappa shape index (κ1) is 21.8. The molecule has 0 amide bonds. The molecule has 1 unspecified atom stereocenters. The molecule has 30 heavy (non-hydrogen) atoms. The minimum absolute atomic E-state index is 0.131. The monoisotopic (exact) mass is 418 g/mol. The van der Waals surface area contributed by atoms with Crippen LogP contribution in [0.2, 0.25) is 0 Å². The van der Waals surface area contributed by atoms with Crippen molar-refractivity contribution >= 4 is 17.5 Å². The fourth-order valence-electron chi connectivity index (χ4n) is 7.75. The van der Waals surface area contributed by atoms with Gasteiger partial charge >= 0.3 is 5.97 Å². The van der Waals surface area contributed by atoms with Crippen molar-refractivity contribution in [2.24, 2.45) is 51.3 Å². The van der Waals surface area contributed by atoms with E-state index in [-0.39, 0.29) is 16.8 Å². The minimum atomic E-state index is -0.209. The Balaban J connectivity index is 1.61. The molecule has 0 bridgehead atoms. The number of ether oxygens (including phenoxy) is 1. The SMILES string of the molecule is CC(=O)OC[C@H]1C[C@@H]2[C@H](CC[C@]3(C)C(=O)CC[C@@H]23)[C@@]2(C)CC/C(=N/OCCN)CC12. The number of carbonyl (C=O) groups is 2. The van der Waals surface area contributed by atoms with E-state index in [9.17, 15) is 9.59 Å². The maximum Gasteiger partial charge on any atom is 0.302 e. The van der Waals surface area contributed by atoms with Crippen LogP contribution in [0.5, 0.6) is 0 Å². The van der Waals surface area contributed by atoms with Gasteiger partial charge < -0.3 is 15.3 Å². The Hall–Kier alpha value is -1.43. The number of fused-ring (bicyclic) bond motifs is 5. The first-order valence-corrected chi connectivity index (χ1v) is 11.8. The van der Waals surface area contributed by atoms with Gasteiger partial charge in [0.05, 0.1) is 12.3 Å². The largest absolute Gasteiger partial charge is 0.466 e. The molecule has 4 saturated carbocycles. The average molecular weight is 419 g/mol. The third-order valence-electron chi connectivity index (χ3n) is 9.30. The molecule has 6 heteroatoms. The van der Waals surface area contributed by atoms with Crippen LogP contribution in [0.3, 0.4) is 0 Å². The lowest BCUT2D eigenvalue weighted by molar-refractivity contribution is -0.156. The summed E-state index contributed by atoms with van der Waals surface area (Å²) in [6.45, 7) is 7.57. The van der Waals surface area contributed by atoms with Gasteiger partial charge in [-0.05, 0) is 80.0 Å². The molecule has 4 fully saturated rings. The third kappa shape index (κ3) is 3.59. The molecule has 0 radical (unpaired) electrons. The first-order chi connectivity index (χ1) is 14.3. The van der Waals surface area contributed by atoms with Crippen LogP contribution in [-0.2, 0) is 19.2 Å². The highest BCUT2D eigenvalue weighted by Crippen LogP contribution is 2.66. The molecular weight excluding hydrogens is 380 g/mol. The van der Waals surface area contributed by atoms with Crippen molar-refractivity contribution < 1.29 is 19.2 Å². The van der Waals surface area contributed by atoms with Gasteiger partial charge in [0.1, 0.15) is 12.4 Å². The zero-order valence-electron chi connectivity index (χ0n) is 18.8. The van der Waals surface area contributed by atoms with Crippen LogP contribution in [0.4, 0.5) is 0 Å². The van der Waals surface area contributed by atoms with E-state index in [0.717, 1.165) is 57.1 Å². The van der Waals surface area contributed by atoms with Gasteiger partial charge in [-0.15, -0.1) is 0 Å². The van der Waals surface area contributed by atoms with Crippen LogP contribution < -0.4 is 5.73 Å². The zero-order valence-corrected chi connectivity index (χ0v) is 18.8. The van der Waals surface area contributed by atoms with Crippen molar-refractivity contribution in [2.75, 3.05) is 19.8 Å². The standard InChI is InChI=1S/C24H38N2O4/c1-15(27)29-14-16-12-18-19-4-5-22(28)24(19,3)9-7-20(18)23(2)8-6-17(13-21(16)23)26-30-11-10-25/h16,18-21H,4-14,25H2,1-3H3/b26-17-/t16-,18+,19+,20+,21?,23-,24+/m1/s1. The molecule has 168 valence electrons. The van der Waals surface area contributed by atoms with Crippen molar-refractivity contribution in [3.8, 4) is 0 Å². The molecule has 0 saturated heterocycles. The fraction of sp³-hybridized carbons (Fsp3) is 0.875. The topological polar surface area (TPSA) is 91.0 Å². The summed E-state index contributed by atoms with van der Waals surface area (Å²) in [5.41, 5.74) is 6.72. The molecule has 2 N–H and O–H groups in total. The van der Waals surface area contributed by atoms with Crippen molar-refractivity contribution in [1.82, 2.24) is 0 Å². The van der Waals surface area contributed by atoms with E-state index in [1.165, 1.54) is 6.92 Å². The second-order valence-electron chi connectivity index (χ2n) is 10.7. The predicted octanol–water partition coefficient (Wildman–Crippen LogP) is 3.72. The Labute approximate surface area is 180 Å². The lowest BCUT2D eigenvalue weighted by Gasteiger charge is -2.61. The highest BCUT2D eigenvalue weighted by Gasteiger charge is 2.62. The number of rotatable bonds is 5. The van der Waals surface area contributed by atoms with E-state index < -0.39 is 0 Å². The van der Waals surface area contributed by atoms with Crippen molar-refractivity contribution in [3.05, 3.63) is 0 Å². The average Bonchev–Trinajstić information content (AvgIpc) is 3.01. The zero-order chi connectivity index (χ0) is 21.5. The van der Waals surface area contributed by atoms with Crippen LogP contribution in [0.25, 0.3) is 0 Å². The maximum absolute atomic E-state index is 12.7. The Morgan fingerprint density at radius 3 is 2.70 bits per heavy atom. The summed E-state index contributed by atoms with van der Waals surface area (Å²) in [4.78, 5) is 29.7. The van der Waals surface area contributed by atoms with Gasteiger partial charge in [-0.2, -0.15) is 0 Å². The number of nitrogens with zero attached hydrogens (tertiary/aromatic N) is 1. The second-order valence-corrected chi connectivity index (χ2v) is 10.7. The molecular formula is C24H38N2O4. The van der Waals surface area contributed by atoms with Gasteiger partial charge in [0.2, 0.25) is 0 Å². The quantitative estimate of drug-likeness (QED) is 0.417. The number of oxime groups is 1. The molecule has 6 nitrogen and oxygen atoms in total. The first-order valence-electron chi connectivity index (χ1n) is 11.8. The molecule has 0 aromatic heterocycles. The molecule has 4 aliphatic rings. The molecule has 0 heterocycles. The van der Waals surface area contributed by atoms with Crippen LogP contribution >= 0.6 is 0 Å². The van der Waals surface area contributed by atoms with Crippen LogP contribution in [0, 0.1) is 40.4 Å². The summed E-state index contributed by atoms with van der Waals surface area (Å²) in [5.74, 6) is 2.72. The summed E-state index contributed by atoms with van der Waals surface area (Å²) in [6, 6.07) is 0. The highest BCUT2D eigenvalue weighted by molar-refractivity contribution is 5.87. The molecule has 4 rings (SSSR count). The molecule has 0 aliphatic heterocycles. The Bertz CT molecular complexity index is 722. The molecule has 0 aromatic carbocycles. The molecule has 0 spiro atoms. The van der Waals surface area contributed by atoms with Crippen LogP contribution in [0.1, 0.15) is 72.1 Å². The molecule has 0 aromatic rings. The molecule has 7 atom stereocenters. The van der Waals surface area contributed by atoms with Gasteiger partial charge in [-0.3, -0.25) is 9.59 Å². The van der Waals surface area contributed by atoms with E-state index in [2.05, 4.69) is 19.0 Å². The number of carbonyl (C=O) groups excluding carboxylic acids is 2. The van der Waals surface area contributed by atoms with Crippen molar-refractivity contribution in [3.63, 3.8) is 0 Å². The fourth-order valence-corrected chi connectivity index (χ4v) is 7.75. The van der Waals surface area contributed by atoms with Crippen LogP contribution in [0.15, 0.2) is 5.16 Å². The summed E-state index contributed by atoms with van der Waals surface area (Å²) in [6.07, 6.45) is 7.99. The summed E-state index contributed by atoms with van der Waals surface area (Å²) >= 11 is 0. The number of ketones is 1. The number of esters is 1. The van der Waals surface area contributed by atoms with E-state index in [0.29, 0.717) is 55.1 Å².